The Morgan fingerprint density at radius 2 is 1.61 bits per heavy atom. The summed E-state index contributed by atoms with van der Waals surface area (Å²) in [5.74, 6) is -0.932. The Morgan fingerprint density at radius 1 is 0.895 bits per heavy atom. The number of rotatable bonds is 14. The lowest BCUT2D eigenvalue weighted by atomic mass is 9.99. The van der Waals surface area contributed by atoms with Gasteiger partial charge in [-0.3, -0.25) is 14.5 Å². The first-order chi connectivity index (χ1) is 27.7. The quantitative estimate of drug-likeness (QED) is 0.113. The number of nitrogens with zero attached hydrogens (tertiary/aromatic N) is 5. The number of benzene rings is 3. The second kappa shape index (κ2) is 18.4. The van der Waals surface area contributed by atoms with Gasteiger partial charge in [0.2, 0.25) is 0 Å². The van der Waals surface area contributed by atoms with Crippen LogP contribution in [0.4, 0.5) is 10.1 Å². The van der Waals surface area contributed by atoms with Gasteiger partial charge in [-0.05, 0) is 119 Å². The summed E-state index contributed by atoms with van der Waals surface area (Å²) in [4.78, 5) is 36.8. The molecule has 3 N–H and O–H groups in total. The Bertz CT molecular complexity index is 2190. The third kappa shape index (κ3) is 9.52. The van der Waals surface area contributed by atoms with Crippen molar-refractivity contribution in [1.82, 2.24) is 35.2 Å². The number of anilines is 1. The minimum Gasteiger partial charge on any atom is -0.381 e. The van der Waals surface area contributed by atoms with E-state index < -0.39 is 0 Å². The first-order valence-electron chi connectivity index (χ1n) is 20.3. The van der Waals surface area contributed by atoms with E-state index in [0.29, 0.717) is 48.9 Å². The summed E-state index contributed by atoms with van der Waals surface area (Å²) in [6, 6.07) is 20.5. The first-order valence-corrected chi connectivity index (χ1v) is 20.3. The SMILES string of the molecule is CCc1nc2c(cnn2CC)c(NC2CCOCC2)c1CNC(=O)c1cccc(C(=O)NCc2ccc(F)c(-c3cccc(CN(C)C4CCN(C)CC4)c3)c2)c1. The molecule has 0 bridgehead atoms. The average Bonchev–Trinajstić information content (AvgIpc) is 3.66. The van der Waals surface area contributed by atoms with Gasteiger partial charge in [0, 0.05) is 79.4 Å². The molecule has 0 spiro atoms. The van der Waals surface area contributed by atoms with Crippen LogP contribution in [-0.4, -0.2) is 88.9 Å². The number of piperidine rings is 1. The molecular weight excluding hydrogens is 720 g/mol. The number of fused-ring (bicyclic) bond motifs is 1. The maximum atomic E-state index is 15.2. The van der Waals surface area contributed by atoms with Crippen molar-refractivity contribution in [1.29, 1.82) is 0 Å². The molecule has 5 aromatic rings. The van der Waals surface area contributed by atoms with Gasteiger partial charge < -0.3 is 25.6 Å². The van der Waals surface area contributed by atoms with Gasteiger partial charge >= 0.3 is 0 Å². The van der Waals surface area contributed by atoms with Crippen LogP contribution in [0.5, 0.6) is 0 Å². The molecule has 2 saturated heterocycles. The van der Waals surface area contributed by atoms with Crippen LogP contribution in [0.15, 0.2) is 72.9 Å². The van der Waals surface area contributed by atoms with Gasteiger partial charge in [0.05, 0.1) is 17.3 Å². The molecule has 57 heavy (non-hydrogen) atoms. The highest BCUT2D eigenvalue weighted by molar-refractivity contribution is 6.00. The summed E-state index contributed by atoms with van der Waals surface area (Å²) in [6.07, 6.45) is 6.60. The lowest BCUT2D eigenvalue weighted by Crippen LogP contribution is -2.41. The summed E-state index contributed by atoms with van der Waals surface area (Å²) < 4.78 is 22.7. The predicted molar refractivity (Wildman–Crippen MR) is 223 cm³/mol. The van der Waals surface area contributed by atoms with Gasteiger partial charge in [0.15, 0.2) is 5.65 Å². The van der Waals surface area contributed by atoms with E-state index >= 15 is 4.39 Å². The van der Waals surface area contributed by atoms with E-state index in [0.717, 1.165) is 90.0 Å². The molecule has 0 saturated carbocycles. The molecule has 12 heteroatoms. The van der Waals surface area contributed by atoms with E-state index in [1.54, 1.807) is 36.4 Å². The van der Waals surface area contributed by atoms with Crippen LogP contribution in [0.1, 0.15) is 82.6 Å². The molecule has 2 aliphatic rings. The second-order valence-corrected chi connectivity index (χ2v) is 15.4. The topological polar surface area (TPSA) is 117 Å². The molecule has 7 rings (SSSR count). The summed E-state index contributed by atoms with van der Waals surface area (Å²) in [7, 11) is 4.34. The molecule has 2 aromatic heterocycles. The number of nitrogens with one attached hydrogen (secondary N) is 3. The van der Waals surface area contributed by atoms with Gasteiger partial charge in [-0.25, -0.2) is 14.1 Å². The Morgan fingerprint density at radius 3 is 2.33 bits per heavy atom. The van der Waals surface area contributed by atoms with E-state index in [1.807, 2.05) is 29.9 Å². The third-order valence-electron chi connectivity index (χ3n) is 11.5. The van der Waals surface area contributed by atoms with E-state index in [1.165, 1.54) is 6.07 Å². The van der Waals surface area contributed by atoms with Crippen molar-refractivity contribution < 1.29 is 18.7 Å². The highest BCUT2D eigenvalue weighted by atomic mass is 19.1. The molecule has 0 aliphatic carbocycles. The monoisotopic (exact) mass is 774 g/mol. The number of aromatic nitrogens is 3. The minimum atomic E-state index is -0.326. The zero-order valence-corrected chi connectivity index (χ0v) is 33.6. The van der Waals surface area contributed by atoms with Crippen LogP contribution in [-0.2, 0) is 37.3 Å². The lowest BCUT2D eigenvalue weighted by Gasteiger charge is -2.35. The number of amides is 2. The number of carbonyl (C=O) groups is 2. The van der Waals surface area contributed by atoms with Gasteiger partial charge in [-0.1, -0.05) is 37.3 Å². The number of aryl methyl sites for hydroxylation is 2. The zero-order valence-electron chi connectivity index (χ0n) is 33.6. The second-order valence-electron chi connectivity index (χ2n) is 15.4. The van der Waals surface area contributed by atoms with Crippen molar-refractivity contribution in [2.75, 3.05) is 45.7 Å². The molecule has 2 fully saturated rings. The number of hydrogen-bond donors (Lipinski definition) is 3. The van der Waals surface area contributed by atoms with E-state index in [-0.39, 0.29) is 36.8 Å². The molecule has 4 heterocycles. The molecule has 300 valence electrons. The van der Waals surface area contributed by atoms with Crippen molar-refractivity contribution in [2.45, 2.75) is 84.2 Å². The Kier molecular flexibility index (Phi) is 12.9. The molecule has 2 amide bonds. The van der Waals surface area contributed by atoms with Crippen LogP contribution in [0.25, 0.3) is 22.2 Å². The summed E-state index contributed by atoms with van der Waals surface area (Å²) in [6.45, 7) is 9.67. The van der Waals surface area contributed by atoms with Crippen molar-refractivity contribution in [3.8, 4) is 11.1 Å². The molecule has 0 atom stereocenters. The molecule has 11 nitrogen and oxygen atoms in total. The fraction of sp³-hybridized carbons (Fsp3) is 0.422. The van der Waals surface area contributed by atoms with Gasteiger partial charge in [-0.2, -0.15) is 5.10 Å². The average molecular weight is 775 g/mol. The molecule has 3 aromatic carbocycles. The fourth-order valence-electron chi connectivity index (χ4n) is 8.05. The van der Waals surface area contributed by atoms with Crippen molar-refractivity contribution in [2.24, 2.45) is 0 Å². The minimum absolute atomic E-state index is 0.202. The molecule has 2 aliphatic heterocycles. The maximum absolute atomic E-state index is 15.2. The molecule has 0 unspecified atom stereocenters. The number of pyridine rings is 1. The number of carbonyl (C=O) groups excluding carboxylic acids is 2. The largest absolute Gasteiger partial charge is 0.381 e. The third-order valence-corrected chi connectivity index (χ3v) is 11.5. The lowest BCUT2D eigenvalue weighted by molar-refractivity contribution is 0.0904. The summed E-state index contributed by atoms with van der Waals surface area (Å²) in [5, 5.41) is 15.3. The summed E-state index contributed by atoms with van der Waals surface area (Å²) in [5.41, 5.74) is 7.54. The number of hydrogen-bond acceptors (Lipinski definition) is 8. The van der Waals surface area contributed by atoms with Crippen LogP contribution in [0.2, 0.25) is 0 Å². The van der Waals surface area contributed by atoms with Crippen LogP contribution >= 0.6 is 0 Å². The number of ether oxygens (including phenoxy) is 1. The van der Waals surface area contributed by atoms with Gasteiger partial charge in [0.25, 0.3) is 11.8 Å². The molecule has 0 radical (unpaired) electrons. The predicted octanol–water partition coefficient (Wildman–Crippen LogP) is 6.80. The highest BCUT2D eigenvalue weighted by Crippen LogP contribution is 2.32. The van der Waals surface area contributed by atoms with E-state index in [4.69, 9.17) is 9.72 Å². The fourth-order valence-corrected chi connectivity index (χ4v) is 8.05. The van der Waals surface area contributed by atoms with Gasteiger partial charge in [-0.15, -0.1) is 0 Å². The van der Waals surface area contributed by atoms with E-state index in [9.17, 15) is 9.59 Å². The highest BCUT2D eigenvalue weighted by Gasteiger charge is 2.23. The Hall–Kier alpha value is -5.17. The van der Waals surface area contributed by atoms with E-state index in [2.05, 4.69) is 64.0 Å². The van der Waals surface area contributed by atoms with Crippen molar-refractivity contribution in [3.63, 3.8) is 0 Å². The Labute approximate surface area is 335 Å². The van der Waals surface area contributed by atoms with Crippen molar-refractivity contribution >= 4 is 28.5 Å². The van der Waals surface area contributed by atoms with Gasteiger partial charge in [0.1, 0.15) is 5.82 Å². The molecular formula is C45H55FN8O3. The first kappa shape index (κ1) is 40.0. The Balaban J connectivity index is 1.01. The smallest absolute Gasteiger partial charge is 0.251 e. The van der Waals surface area contributed by atoms with Crippen molar-refractivity contribution in [3.05, 3.63) is 112 Å². The summed E-state index contributed by atoms with van der Waals surface area (Å²) >= 11 is 0. The van der Waals surface area contributed by atoms with Crippen LogP contribution in [0.3, 0.4) is 0 Å². The normalized spacial score (nSPS) is 15.6. The van der Waals surface area contributed by atoms with Crippen LogP contribution in [0, 0.1) is 5.82 Å². The maximum Gasteiger partial charge on any atom is 0.251 e. The standard InChI is InChI=1S/C45H55FN8O3/c1-5-41-38(42(50-35-17-21-57-22-18-35)39-28-49-54(6-2)43(39)51-41)27-48-45(56)34-12-8-11-33(25-34)44(55)47-26-30-13-14-40(46)37(24-30)32-10-7-9-31(23-32)29-53(4)36-15-19-52(3)20-16-36/h7-14,23-25,28,35-36H,5-6,15-22,26-27,29H2,1-4H3,(H,47,55)(H,48,56)(H,50,51). The number of halogens is 1. The zero-order chi connectivity index (χ0) is 39.9. The van der Waals surface area contributed by atoms with Crippen LogP contribution < -0.4 is 16.0 Å². The number of likely N-dealkylation sites (tertiary alicyclic amines) is 1.